The van der Waals surface area contributed by atoms with Crippen LogP contribution in [0.1, 0.15) is 60.2 Å². The van der Waals surface area contributed by atoms with E-state index in [9.17, 15) is 14.4 Å². The summed E-state index contributed by atoms with van der Waals surface area (Å²) in [5, 5.41) is 1.03. The minimum absolute atomic E-state index is 0.00285. The number of aromatic amines is 1. The second-order valence-electron chi connectivity index (χ2n) is 12.6. The number of piperazine rings is 1. The lowest BCUT2D eigenvalue weighted by Gasteiger charge is -2.39. The molecule has 2 aromatic carbocycles. The molecule has 210 valence electrons. The summed E-state index contributed by atoms with van der Waals surface area (Å²) in [4.78, 5) is 52.2. The van der Waals surface area contributed by atoms with E-state index < -0.39 is 11.3 Å². The average Bonchev–Trinajstić information content (AvgIpc) is 3.70. The molecule has 6 rings (SSSR count). The van der Waals surface area contributed by atoms with Gasteiger partial charge in [0.1, 0.15) is 5.69 Å². The summed E-state index contributed by atoms with van der Waals surface area (Å²) in [6, 6.07) is 21.4. The van der Waals surface area contributed by atoms with Crippen LogP contribution in [0.4, 0.5) is 0 Å². The van der Waals surface area contributed by atoms with Crippen LogP contribution in [0.2, 0.25) is 0 Å². The fraction of sp³-hybridized carbons (Fsp3) is 0.353. The number of rotatable bonds is 6. The third-order valence-electron chi connectivity index (χ3n) is 8.79. The van der Waals surface area contributed by atoms with E-state index in [1.165, 1.54) is 0 Å². The van der Waals surface area contributed by atoms with E-state index >= 15 is 0 Å². The Morgan fingerprint density at radius 1 is 0.927 bits per heavy atom. The first-order valence-corrected chi connectivity index (χ1v) is 14.3. The number of Topliss-reactive ketones (excluding diaryl/α,β-unsaturated/α-hetero) is 1. The third-order valence-corrected chi connectivity index (χ3v) is 8.79. The molecule has 7 nitrogen and oxygen atoms in total. The van der Waals surface area contributed by atoms with Crippen molar-refractivity contribution >= 4 is 28.5 Å². The van der Waals surface area contributed by atoms with Crippen molar-refractivity contribution in [2.75, 3.05) is 13.1 Å². The number of aromatic nitrogens is 2. The number of ketones is 1. The monoisotopic (exact) mass is 548 g/mol. The van der Waals surface area contributed by atoms with E-state index in [0.717, 1.165) is 34.0 Å². The molecule has 0 radical (unpaired) electrons. The average molecular weight is 549 g/mol. The van der Waals surface area contributed by atoms with Gasteiger partial charge in [-0.3, -0.25) is 19.4 Å². The number of fused-ring (bicyclic) bond motifs is 3. The Morgan fingerprint density at radius 2 is 1.66 bits per heavy atom. The van der Waals surface area contributed by atoms with Crippen LogP contribution < -0.4 is 0 Å². The fourth-order valence-corrected chi connectivity index (χ4v) is 6.37. The third kappa shape index (κ3) is 5.05. The summed E-state index contributed by atoms with van der Waals surface area (Å²) >= 11 is 0. The Labute approximate surface area is 240 Å². The maximum Gasteiger partial charge on any atom is 0.272 e. The highest BCUT2D eigenvalue weighted by Gasteiger charge is 2.50. The largest absolute Gasteiger partial charge is 0.352 e. The first kappa shape index (κ1) is 26.9. The summed E-state index contributed by atoms with van der Waals surface area (Å²) in [7, 11) is 0. The molecule has 0 saturated carbocycles. The van der Waals surface area contributed by atoms with Gasteiger partial charge in [0.05, 0.1) is 23.7 Å². The van der Waals surface area contributed by atoms with Gasteiger partial charge in [-0.25, -0.2) is 0 Å². The molecule has 0 spiro atoms. The van der Waals surface area contributed by atoms with Crippen molar-refractivity contribution in [2.45, 2.75) is 52.6 Å². The molecular weight excluding hydrogens is 512 g/mol. The molecule has 2 amide bonds. The van der Waals surface area contributed by atoms with E-state index in [4.69, 9.17) is 0 Å². The Morgan fingerprint density at radius 3 is 2.29 bits per heavy atom. The second kappa shape index (κ2) is 10.3. The molecule has 2 aromatic heterocycles. The van der Waals surface area contributed by atoms with Gasteiger partial charge >= 0.3 is 0 Å². The predicted molar refractivity (Wildman–Crippen MR) is 160 cm³/mol. The van der Waals surface area contributed by atoms with Gasteiger partial charge in [-0.2, -0.15) is 0 Å². The fourth-order valence-electron chi connectivity index (χ4n) is 6.37. The van der Waals surface area contributed by atoms with Gasteiger partial charge in [-0.05, 0) is 48.1 Å². The molecule has 2 aliphatic rings. The Kier molecular flexibility index (Phi) is 6.76. The molecule has 3 atom stereocenters. The first-order valence-electron chi connectivity index (χ1n) is 14.3. The minimum Gasteiger partial charge on any atom is -0.352 e. The lowest BCUT2D eigenvalue weighted by Crippen LogP contribution is -2.53. The summed E-state index contributed by atoms with van der Waals surface area (Å²) in [6.45, 7) is 9.07. The number of hydrogen-bond donors (Lipinski definition) is 1. The van der Waals surface area contributed by atoms with Gasteiger partial charge in [0, 0.05) is 42.2 Å². The number of H-pyrrole nitrogens is 1. The summed E-state index contributed by atoms with van der Waals surface area (Å²) in [5.41, 5.74) is 4.63. The van der Waals surface area contributed by atoms with Crippen LogP contribution >= 0.6 is 0 Å². The van der Waals surface area contributed by atoms with Crippen molar-refractivity contribution in [1.29, 1.82) is 0 Å². The van der Waals surface area contributed by atoms with Crippen molar-refractivity contribution in [3.8, 4) is 11.1 Å². The molecule has 2 saturated heterocycles. The van der Waals surface area contributed by atoms with Crippen LogP contribution in [0, 0.1) is 18.3 Å². The number of nitrogens with one attached hydrogen (secondary N) is 1. The molecule has 4 heterocycles. The van der Waals surface area contributed by atoms with Gasteiger partial charge < -0.3 is 14.8 Å². The molecule has 2 bridgehead atoms. The molecular formula is C34H36N4O3. The van der Waals surface area contributed by atoms with Crippen LogP contribution in [0.15, 0.2) is 72.9 Å². The van der Waals surface area contributed by atoms with E-state index in [-0.39, 0.29) is 36.1 Å². The Balaban J connectivity index is 1.13. The number of hydrogen-bond acceptors (Lipinski definition) is 4. The van der Waals surface area contributed by atoms with Gasteiger partial charge in [0.2, 0.25) is 5.91 Å². The second-order valence-corrected chi connectivity index (χ2v) is 12.6. The highest BCUT2D eigenvalue weighted by atomic mass is 16.2. The van der Waals surface area contributed by atoms with Crippen molar-refractivity contribution in [2.24, 2.45) is 11.3 Å². The lowest BCUT2D eigenvalue weighted by molar-refractivity contribution is -0.141. The maximum absolute atomic E-state index is 13.9. The molecule has 7 heteroatoms. The summed E-state index contributed by atoms with van der Waals surface area (Å²) in [5.74, 6) is -0.609. The number of amides is 2. The number of nitrogens with zero attached hydrogens (tertiary/aromatic N) is 3. The number of aryl methyl sites for hydroxylation is 1. The quantitative estimate of drug-likeness (QED) is 0.304. The molecule has 1 N–H and O–H groups in total. The number of carbonyl (C=O) groups excluding carboxylic acids is 3. The highest BCUT2D eigenvalue weighted by Crippen LogP contribution is 2.38. The van der Waals surface area contributed by atoms with Crippen molar-refractivity contribution < 1.29 is 14.4 Å². The topological polar surface area (TPSA) is 86.4 Å². The van der Waals surface area contributed by atoms with E-state index in [2.05, 4.69) is 9.97 Å². The van der Waals surface area contributed by atoms with E-state index in [1.54, 1.807) is 12.3 Å². The molecule has 2 aliphatic heterocycles. The normalized spacial score (nSPS) is 19.1. The van der Waals surface area contributed by atoms with Gasteiger partial charge in [-0.1, -0.05) is 69.3 Å². The van der Waals surface area contributed by atoms with Crippen LogP contribution in [-0.2, 0) is 4.79 Å². The zero-order valence-electron chi connectivity index (χ0n) is 24.1. The number of likely N-dealkylation sites (tertiary alicyclic amines) is 2. The maximum atomic E-state index is 13.9. The number of carbonyl (C=O) groups is 3. The molecule has 0 unspecified atom stereocenters. The minimum atomic E-state index is -0.460. The molecule has 4 aromatic rings. The smallest absolute Gasteiger partial charge is 0.272 e. The Bertz CT molecular complexity index is 1620. The van der Waals surface area contributed by atoms with Crippen LogP contribution in [0.25, 0.3) is 22.0 Å². The lowest BCUT2D eigenvalue weighted by atomic mass is 9.76. The zero-order valence-corrected chi connectivity index (χ0v) is 24.1. The van der Waals surface area contributed by atoms with Gasteiger partial charge in [0.25, 0.3) is 5.91 Å². The molecule has 2 fully saturated rings. The van der Waals surface area contributed by atoms with Gasteiger partial charge in [0.15, 0.2) is 5.78 Å². The SMILES string of the molecule is Cc1cccc2[nH]c(C(=O)C[C@H](C(=O)N3C[C@@H]4C[C@H]3CN4C(=O)c3ccc(-c4ccccc4)cn3)C(C)(C)C)cc12. The zero-order chi connectivity index (χ0) is 28.9. The van der Waals surface area contributed by atoms with Crippen molar-refractivity contribution in [3.05, 3.63) is 89.9 Å². The van der Waals surface area contributed by atoms with Crippen molar-refractivity contribution in [3.63, 3.8) is 0 Å². The molecule has 41 heavy (non-hydrogen) atoms. The first-order chi connectivity index (χ1) is 19.6. The number of pyridine rings is 1. The predicted octanol–water partition coefficient (Wildman–Crippen LogP) is 5.90. The Hall–Kier alpha value is -4.26. The van der Waals surface area contributed by atoms with Gasteiger partial charge in [-0.15, -0.1) is 0 Å². The summed E-state index contributed by atoms with van der Waals surface area (Å²) in [6.07, 6.45) is 2.64. The standard InChI is InChI=1S/C34H36N4O3/c1-21-9-8-12-28-26(21)16-30(36-28)31(39)17-27(34(2,3)4)32(40)37-19-25-15-24(37)20-38(25)33(41)29-14-13-23(18-35-29)22-10-6-5-7-11-22/h5-14,16,18,24-25,27,36H,15,17,19-20H2,1-4H3/t24-,25-,27+/m0/s1. The molecule has 0 aliphatic carbocycles. The highest BCUT2D eigenvalue weighted by molar-refractivity contribution is 6.02. The van der Waals surface area contributed by atoms with Crippen LogP contribution in [-0.4, -0.2) is 62.5 Å². The van der Waals surface area contributed by atoms with Crippen LogP contribution in [0.3, 0.4) is 0 Å². The van der Waals surface area contributed by atoms with Crippen molar-refractivity contribution in [1.82, 2.24) is 19.8 Å². The summed E-state index contributed by atoms with van der Waals surface area (Å²) < 4.78 is 0. The van der Waals surface area contributed by atoms with E-state index in [0.29, 0.717) is 24.5 Å². The van der Waals surface area contributed by atoms with Crippen LogP contribution in [0.5, 0.6) is 0 Å². The number of benzene rings is 2. The van der Waals surface area contributed by atoms with E-state index in [1.807, 2.05) is 98.2 Å².